The van der Waals surface area contributed by atoms with Crippen molar-refractivity contribution in [3.05, 3.63) is 66.4 Å². The summed E-state index contributed by atoms with van der Waals surface area (Å²) in [6, 6.07) is 17.8. The van der Waals surface area contributed by atoms with Crippen LogP contribution in [0.2, 0.25) is 0 Å². The second-order valence-corrected chi connectivity index (χ2v) is 5.13. The SMILES string of the molecule is COC(=O)c1c(-n2ccc3ccccc32)[nH]c2ccccc12. The minimum absolute atomic E-state index is 0.342. The van der Waals surface area contributed by atoms with Crippen LogP contribution in [0.25, 0.3) is 27.6 Å². The average molecular weight is 290 g/mol. The number of fused-ring (bicyclic) bond motifs is 2. The first-order valence-electron chi connectivity index (χ1n) is 7.05. The average Bonchev–Trinajstić information content (AvgIpc) is 3.15. The standard InChI is InChI=1S/C18H14N2O2/c1-22-18(21)16-13-7-3-4-8-14(13)19-17(16)20-11-10-12-6-2-5-9-15(12)20/h2-11,19H,1H3. The Bertz CT molecular complexity index is 995. The maximum absolute atomic E-state index is 12.3. The van der Waals surface area contributed by atoms with Crippen molar-refractivity contribution in [2.24, 2.45) is 0 Å². The van der Waals surface area contributed by atoms with Crippen molar-refractivity contribution in [2.45, 2.75) is 0 Å². The van der Waals surface area contributed by atoms with Crippen molar-refractivity contribution in [1.29, 1.82) is 0 Å². The third kappa shape index (κ3) is 1.74. The van der Waals surface area contributed by atoms with E-state index in [1.807, 2.05) is 65.4 Å². The number of H-pyrrole nitrogens is 1. The number of hydrogen-bond donors (Lipinski definition) is 1. The molecule has 0 aliphatic rings. The number of para-hydroxylation sites is 2. The van der Waals surface area contributed by atoms with E-state index < -0.39 is 0 Å². The smallest absolute Gasteiger partial charge is 0.342 e. The molecule has 0 aliphatic heterocycles. The van der Waals surface area contributed by atoms with Gasteiger partial charge >= 0.3 is 5.97 Å². The molecule has 4 rings (SSSR count). The molecule has 4 aromatic rings. The molecule has 0 radical (unpaired) electrons. The number of ether oxygens (including phenoxy) is 1. The monoisotopic (exact) mass is 290 g/mol. The van der Waals surface area contributed by atoms with Crippen LogP contribution in [0, 0.1) is 0 Å². The van der Waals surface area contributed by atoms with E-state index in [0.717, 1.165) is 27.6 Å². The Morgan fingerprint density at radius 3 is 2.68 bits per heavy atom. The Hall–Kier alpha value is -3.01. The van der Waals surface area contributed by atoms with Gasteiger partial charge in [-0.05, 0) is 23.6 Å². The lowest BCUT2D eigenvalue weighted by Gasteiger charge is -2.06. The minimum atomic E-state index is -0.342. The molecule has 0 unspecified atom stereocenters. The van der Waals surface area contributed by atoms with Crippen LogP contribution >= 0.6 is 0 Å². The fourth-order valence-corrected chi connectivity index (χ4v) is 2.90. The number of nitrogens with one attached hydrogen (secondary N) is 1. The number of benzene rings is 2. The van der Waals surface area contributed by atoms with E-state index in [4.69, 9.17) is 4.74 Å². The zero-order chi connectivity index (χ0) is 15.1. The number of hydrogen-bond acceptors (Lipinski definition) is 2. The maximum atomic E-state index is 12.3. The first-order valence-corrected chi connectivity index (χ1v) is 7.05. The maximum Gasteiger partial charge on any atom is 0.342 e. The second-order valence-electron chi connectivity index (χ2n) is 5.13. The normalized spacial score (nSPS) is 11.1. The number of aromatic amines is 1. The van der Waals surface area contributed by atoms with Gasteiger partial charge in [-0.15, -0.1) is 0 Å². The Morgan fingerprint density at radius 2 is 1.82 bits per heavy atom. The van der Waals surface area contributed by atoms with E-state index in [9.17, 15) is 4.79 Å². The van der Waals surface area contributed by atoms with Crippen molar-refractivity contribution in [3.8, 4) is 5.82 Å². The van der Waals surface area contributed by atoms with E-state index in [1.165, 1.54) is 7.11 Å². The van der Waals surface area contributed by atoms with Crippen molar-refractivity contribution < 1.29 is 9.53 Å². The lowest BCUT2D eigenvalue weighted by Crippen LogP contribution is -2.06. The van der Waals surface area contributed by atoms with Crippen molar-refractivity contribution in [2.75, 3.05) is 7.11 Å². The van der Waals surface area contributed by atoms with Gasteiger partial charge < -0.3 is 14.3 Å². The van der Waals surface area contributed by atoms with Crippen LogP contribution in [0.5, 0.6) is 0 Å². The highest BCUT2D eigenvalue weighted by molar-refractivity contribution is 6.08. The van der Waals surface area contributed by atoms with E-state index in [1.54, 1.807) is 0 Å². The second kappa shape index (κ2) is 4.77. The van der Waals surface area contributed by atoms with E-state index in [-0.39, 0.29) is 5.97 Å². The predicted octanol–water partition coefficient (Wildman–Crippen LogP) is 3.90. The van der Waals surface area contributed by atoms with Crippen LogP contribution in [0.1, 0.15) is 10.4 Å². The van der Waals surface area contributed by atoms with Gasteiger partial charge in [-0.1, -0.05) is 36.4 Å². The van der Waals surface area contributed by atoms with Gasteiger partial charge in [0.05, 0.1) is 12.6 Å². The molecule has 1 N–H and O–H groups in total. The number of aromatic nitrogens is 2. The van der Waals surface area contributed by atoms with Crippen LogP contribution in [0.15, 0.2) is 60.8 Å². The first kappa shape index (κ1) is 12.7. The van der Waals surface area contributed by atoms with Gasteiger partial charge in [-0.2, -0.15) is 0 Å². The largest absolute Gasteiger partial charge is 0.465 e. The van der Waals surface area contributed by atoms with Crippen molar-refractivity contribution >= 4 is 27.8 Å². The van der Waals surface area contributed by atoms with Gasteiger partial charge in [0.25, 0.3) is 0 Å². The number of carbonyl (C=O) groups is 1. The zero-order valence-electron chi connectivity index (χ0n) is 12.0. The molecule has 0 aliphatic carbocycles. The summed E-state index contributed by atoms with van der Waals surface area (Å²) in [5.74, 6) is 0.388. The zero-order valence-corrected chi connectivity index (χ0v) is 12.0. The highest BCUT2D eigenvalue weighted by Gasteiger charge is 2.20. The lowest BCUT2D eigenvalue weighted by molar-refractivity contribution is 0.0603. The third-order valence-electron chi connectivity index (χ3n) is 3.92. The quantitative estimate of drug-likeness (QED) is 0.569. The minimum Gasteiger partial charge on any atom is -0.465 e. The molecule has 0 saturated carbocycles. The number of carbonyl (C=O) groups excluding carboxylic acids is 1. The molecule has 22 heavy (non-hydrogen) atoms. The molecule has 0 saturated heterocycles. The molecule has 2 aromatic heterocycles. The summed E-state index contributed by atoms with van der Waals surface area (Å²) in [6.07, 6.45) is 1.96. The summed E-state index contributed by atoms with van der Waals surface area (Å²) < 4.78 is 6.97. The Balaban J connectivity index is 2.08. The molecule has 0 fully saturated rings. The van der Waals surface area contributed by atoms with Crippen molar-refractivity contribution in [3.63, 3.8) is 0 Å². The molecule has 4 heteroatoms. The summed E-state index contributed by atoms with van der Waals surface area (Å²) in [6.45, 7) is 0. The van der Waals surface area contributed by atoms with E-state index in [0.29, 0.717) is 5.56 Å². The molecule has 2 aromatic carbocycles. The molecule has 0 bridgehead atoms. The van der Waals surface area contributed by atoms with Crippen LogP contribution in [0.4, 0.5) is 0 Å². The van der Waals surface area contributed by atoms with Crippen LogP contribution in [-0.4, -0.2) is 22.6 Å². The Kier molecular flexibility index (Phi) is 2.76. The number of esters is 1. The first-order chi connectivity index (χ1) is 10.8. The number of nitrogens with zero attached hydrogens (tertiary/aromatic N) is 1. The highest BCUT2D eigenvalue weighted by atomic mass is 16.5. The van der Waals surface area contributed by atoms with Crippen LogP contribution < -0.4 is 0 Å². The van der Waals surface area contributed by atoms with E-state index in [2.05, 4.69) is 4.98 Å². The molecule has 108 valence electrons. The van der Waals surface area contributed by atoms with Gasteiger partial charge in [0, 0.05) is 17.1 Å². The molecule has 2 heterocycles. The summed E-state index contributed by atoms with van der Waals surface area (Å²) in [5.41, 5.74) is 2.51. The van der Waals surface area contributed by atoms with Gasteiger partial charge in [-0.25, -0.2) is 4.79 Å². The molecule has 4 nitrogen and oxygen atoms in total. The summed E-state index contributed by atoms with van der Waals surface area (Å²) >= 11 is 0. The summed E-state index contributed by atoms with van der Waals surface area (Å²) in [7, 11) is 1.40. The fourth-order valence-electron chi connectivity index (χ4n) is 2.90. The Morgan fingerprint density at radius 1 is 1.05 bits per heavy atom. The molecular weight excluding hydrogens is 276 g/mol. The number of methoxy groups -OCH3 is 1. The topological polar surface area (TPSA) is 47.0 Å². The summed E-state index contributed by atoms with van der Waals surface area (Å²) in [4.78, 5) is 15.6. The van der Waals surface area contributed by atoms with Gasteiger partial charge in [-0.3, -0.25) is 0 Å². The van der Waals surface area contributed by atoms with Crippen molar-refractivity contribution in [1.82, 2.24) is 9.55 Å². The molecule has 0 atom stereocenters. The highest BCUT2D eigenvalue weighted by Crippen LogP contribution is 2.29. The number of rotatable bonds is 2. The van der Waals surface area contributed by atoms with Gasteiger partial charge in [0.15, 0.2) is 0 Å². The summed E-state index contributed by atoms with van der Waals surface area (Å²) in [5, 5.41) is 1.99. The molecular formula is C18H14N2O2. The van der Waals surface area contributed by atoms with Gasteiger partial charge in [0.2, 0.25) is 0 Å². The Labute approximate surface area is 126 Å². The van der Waals surface area contributed by atoms with E-state index >= 15 is 0 Å². The van der Waals surface area contributed by atoms with Crippen LogP contribution in [-0.2, 0) is 4.74 Å². The van der Waals surface area contributed by atoms with Crippen LogP contribution in [0.3, 0.4) is 0 Å². The predicted molar refractivity (Wildman–Crippen MR) is 86.5 cm³/mol. The molecule has 0 amide bonds. The molecule has 0 spiro atoms. The lowest BCUT2D eigenvalue weighted by atomic mass is 10.1. The van der Waals surface area contributed by atoms with Gasteiger partial charge in [0.1, 0.15) is 11.4 Å². The fraction of sp³-hybridized carbons (Fsp3) is 0.0556. The third-order valence-corrected chi connectivity index (χ3v) is 3.92.